The molecule has 2 amide bonds. The van der Waals surface area contributed by atoms with Gasteiger partial charge < -0.3 is 20.1 Å². The third-order valence-electron chi connectivity index (χ3n) is 3.67. The Bertz CT molecular complexity index is 603. The lowest BCUT2D eigenvalue weighted by Gasteiger charge is -2.09. The van der Waals surface area contributed by atoms with E-state index in [1.54, 1.807) is 14.2 Å². The van der Waals surface area contributed by atoms with Crippen LogP contribution in [0.5, 0.6) is 11.5 Å². The minimum atomic E-state index is -0.152. The molecule has 2 aromatic carbocycles. The van der Waals surface area contributed by atoms with Gasteiger partial charge in [-0.3, -0.25) is 0 Å². The van der Waals surface area contributed by atoms with Crippen molar-refractivity contribution >= 4 is 6.03 Å². The monoisotopic (exact) mass is 328 g/mol. The summed E-state index contributed by atoms with van der Waals surface area (Å²) in [5, 5.41) is 5.72. The zero-order chi connectivity index (χ0) is 17.2. The lowest BCUT2D eigenvalue weighted by molar-refractivity contribution is 0.241. The first kappa shape index (κ1) is 17.7. The van der Waals surface area contributed by atoms with E-state index in [1.165, 1.54) is 0 Å². The second kappa shape index (κ2) is 9.45. The van der Waals surface area contributed by atoms with Crippen LogP contribution in [-0.4, -0.2) is 33.3 Å². The molecule has 5 nitrogen and oxygen atoms in total. The van der Waals surface area contributed by atoms with Gasteiger partial charge in [0.05, 0.1) is 14.2 Å². The van der Waals surface area contributed by atoms with E-state index in [9.17, 15) is 4.79 Å². The van der Waals surface area contributed by atoms with Crippen LogP contribution < -0.4 is 20.1 Å². The van der Waals surface area contributed by atoms with Crippen LogP contribution in [0.2, 0.25) is 0 Å². The SMILES string of the molecule is COc1cccc(CCNC(=O)NCCc2cccc(OC)c2)c1. The molecule has 0 unspecified atom stereocenters. The third kappa shape index (κ3) is 5.83. The highest BCUT2D eigenvalue weighted by molar-refractivity contribution is 5.73. The van der Waals surface area contributed by atoms with Gasteiger partial charge in [-0.05, 0) is 48.2 Å². The number of methoxy groups -OCH3 is 2. The van der Waals surface area contributed by atoms with Crippen molar-refractivity contribution in [2.75, 3.05) is 27.3 Å². The van der Waals surface area contributed by atoms with Crippen LogP contribution in [-0.2, 0) is 12.8 Å². The summed E-state index contributed by atoms with van der Waals surface area (Å²) in [5.74, 6) is 1.66. The predicted octanol–water partition coefficient (Wildman–Crippen LogP) is 2.79. The number of urea groups is 1. The van der Waals surface area contributed by atoms with Crippen LogP contribution in [0.3, 0.4) is 0 Å². The topological polar surface area (TPSA) is 59.6 Å². The average Bonchev–Trinajstić information content (AvgIpc) is 2.62. The van der Waals surface area contributed by atoms with Gasteiger partial charge in [0.25, 0.3) is 0 Å². The molecular formula is C19H24N2O3. The standard InChI is InChI=1S/C19H24N2O3/c1-23-17-7-3-5-15(13-17)9-11-20-19(22)21-12-10-16-6-4-8-18(14-16)24-2/h3-8,13-14H,9-12H2,1-2H3,(H2,20,21,22). The zero-order valence-corrected chi connectivity index (χ0v) is 14.2. The molecule has 0 saturated heterocycles. The van der Waals surface area contributed by atoms with Crippen LogP contribution in [0.1, 0.15) is 11.1 Å². The second-order valence-electron chi connectivity index (χ2n) is 5.39. The van der Waals surface area contributed by atoms with Gasteiger partial charge in [-0.25, -0.2) is 4.79 Å². The number of carbonyl (C=O) groups is 1. The lowest BCUT2D eigenvalue weighted by Crippen LogP contribution is -2.37. The Morgan fingerprint density at radius 3 is 1.71 bits per heavy atom. The maximum atomic E-state index is 11.8. The quantitative estimate of drug-likeness (QED) is 0.783. The first-order valence-corrected chi connectivity index (χ1v) is 7.99. The van der Waals surface area contributed by atoms with Crippen molar-refractivity contribution in [3.8, 4) is 11.5 Å². The molecule has 128 valence electrons. The molecule has 0 aliphatic rings. The predicted molar refractivity (Wildman–Crippen MR) is 94.8 cm³/mol. The summed E-state index contributed by atoms with van der Waals surface area (Å²) < 4.78 is 10.4. The van der Waals surface area contributed by atoms with E-state index in [1.807, 2.05) is 48.5 Å². The van der Waals surface area contributed by atoms with E-state index < -0.39 is 0 Å². The van der Waals surface area contributed by atoms with Crippen molar-refractivity contribution in [1.82, 2.24) is 10.6 Å². The Kier molecular flexibility index (Phi) is 6.95. The van der Waals surface area contributed by atoms with E-state index in [0.29, 0.717) is 13.1 Å². The van der Waals surface area contributed by atoms with Gasteiger partial charge >= 0.3 is 6.03 Å². The average molecular weight is 328 g/mol. The first-order chi connectivity index (χ1) is 11.7. The minimum Gasteiger partial charge on any atom is -0.497 e. The molecule has 0 aliphatic heterocycles. The van der Waals surface area contributed by atoms with Gasteiger partial charge in [0.2, 0.25) is 0 Å². The van der Waals surface area contributed by atoms with Gasteiger partial charge in [-0.2, -0.15) is 0 Å². The van der Waals surface area contributed by atoms with E-state index in [-0.39, 0.29) is 6.03 Å². The fraction of sp³-hybridized carbons (Fsp3) is 0.316. The molecule has 0 saturated carbocycles. The molecule has 2 aromatic rings. The Labute approximate surface area is 143 Å². The summed E-state index contributed by atoms with van der Waals surface area (Å²) in [7, 11) is 3.29. The van der Waals surface area contributed by atoms with E-state index in [4.69, 9.17) is 9.47 Å². The smallest absolute Gasteiger partial charge is 0.314 e. The molecule has 0 radical (unpaired) electrons. The number of carbonyl (C=O) groups excluding carboxylic acids is 1. The summed E-state index contributed by atoms with van der Waals surface area (Å²) in [6.07, 6.45) is 1.53. The van der Waals surface area contributed by atoms with E-state index in [0.717, 1.165) is 35.5 Å². The molecule has 2 N–H and O–H groups in total. The Morgan fingerprint density at radius 1 is 0.833 bits per heavy atom. The van der Waals surface area contributed by atoms with Crippen LogP contribution in [0.15, 0.2) is 48.5 Å². The number of nitrogens with one attached hydrogen (secondary N) is 2. The van der Waals surface area contributed by atoms with Crippen molar-refractivity contribution in [3.63, 3.8) is 0 Å². The molecule has 0 spiro atoms. The number of hydrogen-bond donors (Lipinski definition) is 2. The summed E-state index contributed by atoms with van der Waals surface area (Å²) in [4.78, 5) is 11.8. The van der Waals surface area contributed by atoms with Crippen molar-refractivity contribution in [2.45, 2.75) is 12.8 Å². The second-order valence-corrected chi connectivity index (χ2v) is 5.39. The summed E-state index contributed by atoms with van der Waals surface area (Å²) in [6, 6.07) is 15.5. The van der Waals surface area contributed by atoms with Crippen LogP contribution in [0.4, 0.5) is 4.79 Å². The fourth-order valence-electron chi connectivity index (χ4n) is 2.36. The number of amides is 2. The van der Waals surface area contributed by atoms with Gasteiger partial charge in [0.15, 0.2) is 0 Å². The van der Waals surface area contributed by atoms with Crippen molar-refractivity contribution in [3.05, 3.63) is 59.7 Å². The molecule has 0 heterocycles. The fourth-order valence-corrected chi connectivity index (χ4v) is 2.36. The summed E-state index contributed by atoms with van der Waals surface area (Å²) >= 11 is 0. The molecule has 0 atom stereocenters. The van der Waals surface area contributed by atoms with Crippen LogP contribution in [0.25, 0.3) is 0 Å². The molecule has 0 fully saturated rings. The molecule has 0 aliphatic carbocycles. The summed E-state index contributed by atoms with van der Waals surface area (Å²) in [5.41, 5.74) is 2.26. The molecule has 0 bridgehead atoms. The molecule has 2 rings (SSSR count). The maximum Gasteiger partial charge on any atom is 0.314 e. The normalized spacial score (nSPS) is 10.1. The van der Waals surface area contributed by atoms with E-state index in [2.05, 4.69) is 10.6 Å². The molecular weight excluding hydrogens is 304 g/mol. The molecule has 5 heteroatoms. The number of benzene rings is 2. The lowest BCUT2D eigenvalue weighted by atomic mass is 10.1. The van der Waals surface area contributed by atoms with Gasteiger partial charge in [0.1, 0.15) is 11.5 Å². The van der Waals surface area contributed by atoms with E-state index >= 15 is 0 Å². The van der Waals surface area contributed by atoms with Crippen LogP contribution >= 0.6 is 0 Å². The largest absolute Gasteiger partial charge is 0.497 e. The number of hydrogen-bond acceptors (Lipinski definition) is 3. The zero-order valence-electron chi connectivity index (χ0n) is 14.2. The van der Waals surface area contributed by atoms with Gasteiger partial charge in [0, 0.05) is 13.1 Å². The molecule has 0 aromatic heterocycles. The Balaban J connectivity index is 1.66. The van der Waals surface area contributed by atoms with Crippen molar-refractivity contribution in [1.29, 1.82) is 0 Å². The summed E-state index contributed by atoms with van der Waals surface area (Å²) in [6.45, 7) is 1.16. The Morgan fingerprint density at radius 2 is 1.29 bits per heavy atom. The third-order valence-corrected chi connectivity index (χ3v) is 3.67. The number of rotatable bonds is 8. The highest BCUT2D eigenvalue weighted by Crippen LogP contribution is 2.13. The Hall–Kier alpha value is -2.69. The highest BCUT2D eigenvalue weighted by atomic mass is 16.5. The number of ether oxygens (including phenoxy) is 2. The van der Waals surface area contributed by atoms with Gasteiger partial charge in [-0.1, -0.05) is 24.3 Å². The van der Waals surface area contributed by atoms with Gasteiger partial charge in [-0.15, -0.1) is 0 Å². The maximum absolute atomic E-state index is 11.8. The first-order valence-electron chi connectivity index (χ1n) is 7.99. The van der Waals surface area contributed by atoms with Crippen LogP contribution in [0, 0.1) is 0 Å². The molecule has 24 heavy (non-hydrogen) atoms. The highest BCUT2D eigenvalue weighted by Gasteiger charge is 2.02. The van der Waals surface area contributed by atoms with Crippen molar-refractivity contribution < 1.29 is 14.3 Å². The minimum absolute atomic E-state index is 0.152. The van der Waals surface area contributed by atoms with Crippen molar-refractivity contribution in [2.24, 2.45) is 0 Å².